The molecule has 0 aromatic heterocycles. The molecular weight excluding hydrogens is 284 g/mol. The largest absolute Gasteiger partial charge is 0.494 e. The second kappa shape index (κ2) is 7.82. The fourth-order valence-electron chi connectivity index (χ4n) is 1.85. The molecule has 0 unspecified atom stereocenters. The maximum absolute atomic E-state index is 11.7. The molecular formula is C17H24O5. The lowest BCUT2D eigenvalue weighted by molar-refractivity contribution is -0.160. The number of esters is 1. The topological polar surface area (TPSA) is 72.8 Å². The maximum atomic E-state index is 11.7. The number of aryl methyl sites for hydroxylation is 1. The fraction of sp³-hybridized carbons (Fsp3) is 0.529. The summed E-state index contributed by atoms with van der Waals surface area (Å²) in [5, 5.41) is 9.19. The molecule has 0 saturated carbocycles. The zero-order valence-corrected chi connectivity index (χ0v) is 13.6. The summed E-state index contributed by atoms with van der Waals surface area (Å²) in [4.78, 5) is 22.9. The van der Waals surface area contributed by atoms with E-state index < -0.39 is 23.5 Å². The maximum Gasteiger partial charge on any atom is 0.307 e. The van der Waals surface area contributed by atoms with Gasteiger partial charge in [-0.05, 0) is 46.2 Å². The number of hydrogen-bond donors (Lipinski definition) is 1. The molecule has 22 heavy (non-hydrogen) atoms. The van der Waals surface area contributed by atoms with E-state index in [0.717, 1.165) is 5.56 Å². The van der Waals surface area contributed by atoms with Crippen LogP contribution in [0.3, 0.4) is 0 Å². The van der Waals surface area contributed by atoms with Crippen LogP contribution in [0.1, 0.15) is 39.2 Å². The van der Waals surface area contributed by atoms with Crippen molar-refractivity contribution in [3.05, 3.63) is 29.8 Å². The lowest BCUT2D eigenvalue weighted by Crippen LogP contribution is -2.28. The second-order valence-corrected chi connectivity index (χ2v) is 6.28. The van der Waals surface area contributed by atoms with Gasteiger partial charge < -0.3 is 14.6 Å². The summed E-state index contributed by atoms with van der Waals surface area (Å²) >= 11 is 0. The van der Waals surface area contributed by atoms with Crippen molar-refractivity contribution in [3.8, 4) is 5.75 Å². The molecule has 0 amide bonds. The van der Waals surface area contributed by atoms with Crippen molar-refractivity contribution in [1.29, 1.82) is 0 Å². The minimum absolute atomic E-state index is 0.149. The number of benzene rings is 1. The molecule has 5 heteroatoms. The number of aliphatic carboxylic acids is 1. The van der Waals surface area contributed by atoms with E-state index in [0.29, 0.717) is 5.75 Å². The van der Waals surface area contributed by atoms with Gasteiger partial charge in [0.05, 0.1) is 18.9 Å². The third-order valence-electron chi connectivity index (χ3n) is 2.94. The van der Waals surface area contributed by atoms with Crippen molar-refractivity contribution < 1.29 is 24.2 Å². The van der Waals surface area contributed by atoms with Crippen LogP contribution in [0.4, 0.5) is 0 Å². The third-order valence-corrected chi connectivity index (χ3v) is 2.94. The molecule has 1 N–H and O–H groups in total. The number of hydrogen-bond acceptors (Lipinski definition) is 4. The number of ether oxygens (including phenoxy) is 2. The van der Waals surface area contributed by atoms with Crippen molar-refractivity contribution in [2.45, 2.75) is 46.1 Å². The average molecular weight is 308 g/mol. The van der Waals surface area contributed by atoms with E-state index in [-0.39, 0.29) is 19.4 Å². The van der Waals surface area contributed by atoms with Gasteiger partial charge in [-0.2, -0.15) is 0 Å². The molecule has 0 fully saturated rings. The first kappa shape index (κ1) is 18.0. The van der Waals surface area contributed by atoms with Gasteiger partial charge in [-0.15, -0.1) is 0 Å². The van der Waals surface area contributed by atoms with Gasteiger partial charge in [0.25, 0.3) is 0 Å². The first-order valence-electron chi connectivity index (χ1n) is 7.31. The number of rotatable bonds is 7. The molecule has 0 aliphatic rings. The number of carbonyl (C=O) groups excluding carboxylic acids is 1. The minimum Gasteiger partial charge on any atom is -0.494 e. The number of carboxylic acid groups (broad SMARTS) is 1. The Labute approximate surface area is 131 Å². The van der Waals surface area contributed by atoms with Gasteiger partial charge >= 0.3 is 11.9 Å². The van der Waals surface area contributed by atoms with Gasteiger partial charge in [-0.1, -0.05) is 17.7 Å². The molecule has 1 aromatic carbocycles. The summed E-state index contributed by atoms with van der Waals surface area (Å²) < 4.78 is 10.7. The predicted octanol–water partition coefficient (Wildman–Crippen LogP) is 3.20. The van der Waals surface area contributed by atoms with Crippen molar-refractivity contribution in [1.82, 2.24) is 0 Å². The van der Waals surface area contributed by atoms with Crippen LogP contribution in [0.15, 0.2) is 24.3 Å². The van der Waals surface area contributed by atoms with Crippen molar-refractivity contribution in [3.63, 3.8) is 0 Å². The van der Waals surface area contributed by atoms with Gasteiger partial charge in [0.1, 0.15) is 11.4 Å². The Hall–Kier alpha value is -2.04. The van der Waals surface area contributed by atoms with E-state index in [1.807, 2.05) is 31.2 Å². The van der Waals surface area contributed by atoms with Crippen LogP contribution in [0.2, 0.25) is 0 Å². The summed E-state index contributed by atoms with van der Waals surface area (Å²) in [6.45, 7) is 7.47. The minimum atomic E-state index is -1.02. The van der Waals surface area contributed by atoms with Crippen LogP contribution >= 0.6 is 0 Å². The van der Waals surface area contributed by atoms with Crippen LogP contribution in [0, 0.1) is 12.8 Å². The summed E-state index contributed by atoms with van der Waals surface area (Å²) in [5.74, 6) is -1.64. The molecule has 0 spiro atoms. The molecule has 1 atom stereocenters. The molecule has 0 bridgehead atoms. The van der Waals surface area contributed by atoms with E-state index >= 15 is 0 Å². The quantitative estimate of drug-likeness (QED) is 0.783. The molecule has 5 nitrogen and oxygen atoms in total. The van der Waals surface area contributed by atoms with Crippen molar-refractivity contribution in [2.75, 3.05) is 6.61 Å². The van der Waals surface area contributed by atoms with Crippen LogP contribution in [-0.4, -0.2) is 29.3 Å². The van der Waals surface area contributed by atoms with Gasteiger partial charge in [-0.25, -0.2) is 0 Å². The molecule has 1 aromatic rings. The van der Waals surface area contributed by atoms with E-state index in [4.69, 9.17) is 9.47 Å². The van der Waals surface area contributed by atoms with E-state index in [9.17, 15) is 14.7 Å². The first-order chi connectivity index (χ1) is 10.2. The number of carboxylic acids is 1. The summed E-state index contributed by atoms with van der Waals surface area (Å²) in [7, 11) is 0. The second-order valence-electron chi connectivity index (χ2n) is 6.28. The Morgan fingerprint density at radius 2 is 1.77 bits per heavy atom. The molecule has 0 saturated heterocycles. The summed E-state index contributed by atoms with van der Waals surface area (Å²) in [6, 6.07) is 7.51. The Bertz CT molecular complexity index is 499. The Balaban J connectivity index is 2.46. The SMILES string of the molecule is Cc1ccc(OCC[C@H](CC(=O)OC(C)(C)C)C(=O)O)cc1. The molecule has 0 radical (unpaired) electrons. The first-order valence-corrected chi connectivity index (χ1v) is 7.31. The highest BCUT2D eigenvalue weighted by Gasteiger charge is 2.25. The fourth-order valence-corrected chi connectivity index (χ4v) is 1.85. The van der Waals surface area contributed by atoms with Crippen LogP contribution in [0.25, 0.3) is 0 Å². The predicted molar refractivity (Wildman–Crippen MR) is 82.9 cm³/mol. The smallest absolute Gasteiger partial charge is 0.307 e. The van der Waals surface area contributed by atoms with Crippen molar-refractivity contribution >= 4 is 11.9 Å². The lowest BCUT2D eigenvalue weighted by atomic mass is 10.0. The molecule has 1 rings (SSSR count). The highest BCUT2D eigenvalue weighted by atomic mass is 16.6. The van der Waals surface area contributed by atoms with Gasteiger partial charge in [0.15, 0.2) is 0 Å². The number of carbonyl (C=O) groups is 2. The van der Waals surface area contributed by atoms with Crippen LogP contribution in [0.5, 0.6) is 5.75 Å². The zero-order valence-electron chi connectivity index (χ0n) is 13.6. The summed E-state index contributed by atoms with van der Waals surface area (Å²) in [5.41, 5.74) is 0.513. The van der Waals surface area contributed by atoms with E-state index in [1.54, 1.807) is 20.8 Å². The highest BCUT2D eigenvalue weighted by molar-refractivity contribution is 5.78. The molecule has 0 heterocycles. The van der Waals surface area contributed by atoms with Crippen LogP contribution < -0.4 is 4.74 Å². The Kier molecular flexibility index (Phi) is 6.40. The zero-order chi connectivity index (χ0) is 16.8. The molecule has 0 aliphatic carbocycles. The normalized spacial score (nSPS) is 12.5. The van der Waals surface area contributed by atoms with E-state index in [1.165, 1.54) is 0 Å². The Morgan fingerprint density at radius 1 is 1.18 bits per heavy atom. The summed E-state index contributed by atoms with van der Waals surface area (Å²) in [6.07, 6.45) is 0.103. The monoisotopic (exact) mass is 308 g/mol. The van der Waals surface area contributed by atoms with Crippen molar-refractivity contribution in [2.24, 2.45) is 5.92 Å². The van der Waals surface area contributed by atoms with Gasteiger partial charge in [-0.3, -0.25) is 9.59 Å². The standard InChI is InChI=1S/C17H24O5/c1-12-5-7-14(8-6-12)21-10-9-13(16(19)20)11-15(18)22-17(2,3)4/h5-8,13H,9-11H2,1-4H3,(H,19,20)/t13-/m1/s1. The van der Waals surface area contributed by atoms with E-state index in [2.05, 4.69) is 0 Å². The molecule has 122 valence electrons. The lowest BCUT2D eigenvalue weighted by Gasteiger charge is -2.21. The van der Waals surface area contributed by atoms with Gasteiger partial charge in [0.2, 0.25) is 0 Å². The average Bonchev–Trinajstić information content (AvgIpc) is 2.37. The third kappa shape index (κ3) is 7.11. The molecule has 0 aliphatic heterocycles. The Morgan fingerprint density at radius 3 is 2.27 bits per heavy atom. The highest BCUT2D eigenvalue weighted by Crippen LogP contribution is 2.17. The van der Waals surface area contributed by atoms with Gasteiger partial charge in [0, 0.05) is 0 Å². The van der Waals surface area contributed by atoms with Crippen LogP contribution in [-0.2, 0) is 14.3 Å².